The number of aromatic amines is 1. The maximum atomic E-state index is 13.5. The van der Waals surface area contributed by atoms with E-state index in [9.17, 15) is 35.9 Å². The third kappa shape index (κ3) is 7.25. The summed E-state index contributed by atoms with van der Waals surface area (Å²) in [6.07, 6.45) is -6.07. The van der Waals surface area contributed by atoms with Crippen LogP contribution in [0.1, 0.15) is 36.0 Å². The van der Waals surface area contributed by atoms with Gasteiger partial charge in [-0.05, 0) is 30.7 Å². The molecule has 3 aromatic rings. The molecule has 2 aliphatic heterocycles. The van der Waals surface area contributed by atoms with Gasteiger partial charge in [0.25, 0.3) is 5.56 Å². The predicted octanol–water partition coefficient (Wildman–Crippen LogP) is 4.16. The molecule has 2 fully saturated rings. The zero-order valence-corrected chi connectivity index (χ0v) is 22.9. The molecule has 0 unspecified atom stereocenters. The van der Waals surface area contributed by atoms with Crippen LogP contribution in [0.5, 0.6) is 0 Å². The summed E-state index contributed by atoms with van der Waals surface area (Å²) in [6, 6.07) is 10.2. The van der Waals surface area contributed by atoms with Crippen LogP contribution in [0.2, 0.25) is 0 Å². The molecule has 0 aliphatic carbocycles. The van der Waals surface area contributed by atoms with Crippen molar-refractivity contribution in [1.82, 2.24) is 25.1 Å². The number of piperazine rings is 1. The minimum atomic E-state index is -4.84. The lowest BCUT2D eigenvalue weighted by molar-refractivity contribution is -0.139. The molecular weight excluding hydrogens is 580 g/mol. The van der Waals surface area contributed by atoms with Gasteiger partial charge in [-0.1, -0.05) is 30.3 Å². The quantitative estimate of drug-likeness (QED) is 0.402. The summed E-state index contributed by atoms with van der Waals surface area (Å²) in [6.45, 7) is 1.74. The fraction of sp³-hybridized carbons (Fsp3) is 0.464. The van der Waals surface area contributed by atoms with Crippen LogP contribution >= 0.6 is 0 Å². The smallest absolute Gasteiger partial charge is 0.352 e. The second kappa shape index (κ2) is 12.2. The summed E-state index contributed by atoms with van der Waals surface area (Å²) in [5, 5.41) is 5.88. The van der Waals surface area contributed by atoms with Crippen molar-refractivity contribution < 1.29 is 31.1 Å². The largest absolute Gasteiger partial charge is 0.421 e. The fourth-order valence-electron chi connectivity index (χ4n) is 5.65. The Balaban J connectivity index is 1.23. The van der Waals surface area contributed by atoms with E-state index in [0.29, 0.717) is 52.0 Å². The number of aromatic nitrogens is 4. The van der Waals surface area contributed by atoms with Crippen molar-refractivity contribution in [3.63, 3.8) is 0 Å². The summed E-state index contributed by atoms with van der Waals surface area (Å²) in [7, 11) is 0. The molecule has 230 valence electrons. The first-order valence-electron chi connectivity index (χ1n) is 13.8. The summed E-state index contributed by atoms with van der Waals surface area (Å²) in [5.41, 5.74) is -2.49. The van der Waals surface area contributed by atoms with Crippen LogP contribution in [0.3, 0.4) is 0 Å². The topological polar surface area (TPSA) is 98.3 Å². The molecule has 2 saturated heterocycles. The number of hydrogen-bond acceptors (Lipinski definition) is 7. The number of hydrogen-bond donors (Lipinski definition) is 1. The highest BCUT2D eigenvalue weighted by Gasteiger charge is 2.38. The first-order chi connectivity index (χ1) is 20.4. The average molecular weight is 610 g/mol. The lowest BCUT2D eigenvalue weighted by Crippen LogP contribution is -2.49. The van der Waals surface area contributed by atoms with Crippen molar-refractivity contribution in [2.45, 2.75) is 44.1 Å². The number of anilines is 2. The number of carbonyl (C=O) groups is 1. The van der Waals surface area contributed by atoms with Crippen molar-refractivity contribution in [3.8, 4) is 0 Å². The number of rotatable bonds is 7. The minimum Gasteiger partial charge on any atom is -0.352 e. The normalized spacial score (nSPS) is 19.6. The molecule has 15 heteroatoms. The van der Waals surface area contributed by atoms with E-state index >= 15 is 0 Å². The second-order valence-electron chi connectivity index (χ2n) is 10.7. The number of benzene rings is 1. The lowest BCUT2D eigenvalue weighted by atomic mass is 9.95. The third-order valence-electron chi connectivity index (χ3n) is 7.83. The highest BCUT2D eigenvalue weighted by atomic mass is 19.4. The Labute approximate surface area is 242 Å². The molecule has 1 aromatic carbocycles. The van der Waals surface area contributed by atoms with Gasteiger partial charge in [-0.3, -0.25) is 9.59 Å². The van der Waals surface area contributed by atoms with E-state index in [0.717, 1.165) is 24.0 Å². The molecule has 0 saturated carbocycles. The zero-order chi connectivity index (χ0) is 30.8. The zero-order valence-electron chi connectivity index (χ0n) is 22.9. The Morgan fingerprint density at radius 2 is 1.63 bits per heavy atom. The standard InChI is InChI=1S/C28H29F6N7O2/c29-27(30,31)20-15-35-26(36-16-20)40-10-8-39(9-11-40)24(42)7-6-21-13-19(12-18-4-2-1-3-5-18)17-41(21)23-14-22(28(32,33)34)25(43)38-37-23/h1-5,14-16,19,21H,6-13,17H2,(H,38,43)/t19-,21-/m1/s1. The number of nitrogens with one attached hydrogen (secondary N) is 1. The van der Waals surface area contributed by atoms with Gasteiger partial charge in [0.05, 0.1) is 5.56 Å². The van der Waals surface area contributed by atoms with E-state index in [1.54, 1.807) is 14.7 Å². The number of amides is 1. The van der Waals surface area contributed by atoms with E-state index in [-0.39, 0.29) is 36.1 Å². The molecule has 0 radical (unpaired) electrons. The molecule has 9 nitrogen and oxygen atoms in total. The second-order valence-corrected chi connectivity index (χ2v) is 10.7. The van der Waals surface area contributed by atoms with Crippen molar-refractivity contribution in [1.29, 1.82) is 0 Å². The first kappa shape index (κ1) is 30.3. The van der Waals surface area contributed by atoms with Crippen molar-refractivity contribution in [3.05, 3.63) is 75.8 Å². The Morgan fingerprint density at radius 1 is 0.953 bits per heavy atom. The van der Waals surface area contributed by atoms with Crippen LogP contribution in [0.4, 0.5) is 38.1 Å². The van der Waals surface area contributed by atoms with E-state index in [1.165, 1.54) is 0 Å². The maximum Gasteiger partial charge on any atom is 0.421 e. The molecular formula is C28H29F6N7O2. The Hall–Kier alpha value is -4.17. The molecule has 4 heterocycles. The average Bonchev–Trinajstić information content (AvgIpc) is 3.38. The van der Waals surface area contributed by atoms with E-state index in [4.69, 9.17) is 0 Å². The maximum absolute atomic E-state index is 13.5. The summed E-state index contributed by atoms with van der Waals surface area (Å²) in [4.78, 5) is 37.7. The van der Waals surface area contributed by atoms with Gasteiger partial charge in [-0.15, -0.1) is 0 Å². The van der Waals surface area contributed by atoms with Crippen LogP contribution in [-0.2, 0) is 23.6 Å². The SMILES string of the molecule is O=C(CC[C@@H]1C[C@@H](Cc2ccccc2)CN1c1cc(C(F)(F)F)c(=O)[nH]n1)N1CCN(c2ncc(C(F)(F)F)cn2)CC1. The van der Waals surface area contributed by atoms with Crippen molar-refractivity contribution >= 4 is 17.7 Å². The molecule has 5 rings (SSSR count). The predicted molar refractivity (Wildman–Crippen MR) is 144 cm³/mol. The Bertz CT molecular complexity index is 1460. The van der Waals surface area contributed by atoms with Crippen molar-refractivity contribution in [2.75, 3.05) is 42.5 Å². The van der Waals surface area contributed by atoms with Crippen LogP contribution in [0, 0.1) is 5.92 Å². The van der Waals surface area contributed by atoms with E-state index in [2.05, 4.69) is 15.1 Å². The number of carbonyl (C=O) groups excluding carboxylic acids is 1. The van der Waals surface area contributed by atoms with Gasteiger partial charge < -0.3 is 14.7 Å². The number of alkyl halides is 6. The highest BCUT2D eigenvalue weighted by molar-refractivity contribution is 5.76. The summed E-state index contributed by atoms with van der Waals surface area (Å²) >= 11 is 0. The molecule has 2 aliphatic rings. The van der Waals surface area contributed by atoms with Gasteiger partial charge >= 0.3 is 12.4 Å². The molecule has 0 spiro atoms. The van der Waals surface area contributed by atoms with E-state index in [1.807, 2.05) is 35.4 Å². The van der Waals surface area contributed by atoms with Gasteiger partial charge in [-0.25, -0.2) is 15.1 Å². The highest BCUT2D eigenvalue weighted by Crippen LogP contribution is 2.35. The summed E-state index contributed by atoms with van der Waals surface area (Å²) in [5.74, 6) is 0.116. The number of halogens is 6. The first-order valence-corrected chi connectivity index (χ1v) is 13.8. The minimum absolute atomic E-state index is 0.00471. The summed E-state index contributed by atoms with van der Waals surface area (Å²) < 4.78 is 78.8. The van der Waals surface area contributed by atoms with Crippen LogP contribution in [0.25, 0.3) is 0 Å². The van der Waals surface area contributed by atoms with Crippen molar-refractivity contribution in [2.24, 2.45) is 5.92 Å². The molecule has 2 aromatic heterocycles. The van der Waals surface area contributed by atoms with Gasteiger partial charge in [0.2, 0.25) is 11.9 Å². The van der Waals surface area contributed by atoms with Gasteiger partial charge in [0, 0.05) is 63.6 Å². The third-order valence-corrected chi connectivity index (χ3v) is 7.83. The molecule has 0 bridgehead atoms. The lowest BCUT2D eigenvalue weighted by Gasteiger charge is -2.35. The molecule has 1 N–H and O–H groups in total. The van der Waals surface area contributed by atoms with Crippen LogP contribution in [0.15, 0.2) is 53.6 Å². The number of H-pyrrole nitrogens is 1. The van der Waals surface area contributed by atoms with Gasteiger partial charge in [-0.2, -0.15) is 31.4 Å². The fourth-order valence-corrected chi connectivity index (χ4v) is 5.65. The number of nitrogens with zero attached hydrogens (tertiary/aromatic N) is 6. The van der Waals surface area contributed by atoms with Crippen LogP contribution < -0.4 is 15.4 Å². The van der Waals surface area contributed by atoms with Crippen LogP contribution in [-0.4, -0.2) is 69.7 Å². The Morgan fingerprint density at radius 3 is 2.26 bits per heavy atom. The Kier molecular flexibility index (Phi) is 8.60. The molecule has 43 heavy (non-hydrogen) atoms. The van der Waals surface area contributed by atoms with Gasteiger partial charge in [0.15, 0.2) is 0 Å². The molecule has 1 amide bonds. The monoisotopic (exact) mass is 609 g/mol. The van der Waals surface area contributed by atoms with Gasteiger partial charge in [0.1, 0.15) is 11.4 Å². The van der Waals surface area contributed by atoms with E-state index < -0.39 is 29.0 Å². The molecule has 2 atom stereocenters.